The third-order valence-corrected chi connectivity index (χ3v) is 17.4. The van der Waals surface area contributed by atoms with E-state index in [1.54, 1.807) is 0 Å². The molecule has 0 aromatic heterocycles. The summed E-state index contributed by atoms with van der Waals surface area (Å²) in [4.78, 5) is 72.7. The Bertz CT molecular complexity index is 2200. The summed E-state index contributed by atoms with van der Waals surface area (Å²) >= 11 is 0. The Morgan fingerprint density at radius 3 is 0.875 bits per heavy atom. The molecule has 0 heterocycles. The van der Waals surface area contributed by atoms with Crippen molar-refractivity contribution >= 4 is 39.5 Å². The number of aliphatic hydroxyl groups excluding tert-OH is 1. The van der Waals surface area contributed by atoms with Gasteiger partial charge in [-0.3, -0.25) is 37.3 Å². The van der Waals surface area contributed by atoms with Crippen molar-refractivity contribution in [3.8, 4) is 0 Å². The molecule has 96 heavy (non-hydrogen) atoms. The Kier molecular flexibility index (Phi) is 66.6. The van der Waals surface area contributed by atoms with Crippen LogP contribution >= 0.6 is 15.6 Å². The number of hydrogen-bond donors (Lipinski definition) is 3. The Morgan fingerprint density at radius 2 is 0.562 bits per heavy atom. The number of allylic oxidation sites excluding steroid dienone is 16. The summed E-state index contributed by atoms with van der Waals surface area (Å²) in [6.07, 6.45) is 71.2. The maximum absolute atomic E-state index is 13.1. The van der Waals surface area contributed by atoms with E-state index in [4.69, 9.17) is 37.0 Å². The predicted molar refractivity (Wildman–Crippen MR) is 390 cm³/mol. The number of esters is 4. The van der Waals surface area contributed by atoms with Crippen LogP contribution < -0.4 is 0 Å². The van der Waals surface area contributed by atoms with Crippen molar-refractivity contribution in [2.24, 2.45) is 0 Å². The molecule has 0 aromatic carbocycles. The number of rotatable bonds is 70. The third kappa shape index (κ3) is 68.5. The lowest BCUT2D eigenvalue weighted by molar-refractivity contribution is -0.161. The molecule has 0 bridgehead atoms. The van der Waals surface area contributed by atoms with Gasteiger partial charge in [0.25, 0.3) is 0 Å². The zero-order chi connectivity index (χ0) is 70.4. The topological polar surface area (TPSA) is 237 Å². The van der Waals surface area contributed by atoms with E-state index in [-0.39, 0.29) is 25.7 Å². The number of aliphatic hydroxyl groups is 1. The molecule has 0 aliphatic carbocycles. The fourth-order valence-corrected chi connectivity index (χ4v) is 11.4. The maximum Gasteiger partial charge on any atom is 0.472 e. The molecular formula is C77H134O17P2. The summed E-state index contributed by atoms with van der Waals surface area (Å²) in [7, 11) is -9.95. The molecule has 17 nitrogen and oxygen atoms in total. The number of carbonyl (C=O) groups excluding carboxylic acids is 4. The molecule has 19 heteroatoms. The van der Waals surface area contributed by atoms with Crippen molar-refractivity contribution in [2.75, 3.05) is 39.6 Å². The number of ether oxygens (including phenoxy) is 4. The smallest absolute Gasteiger partial charge is 0.462 e. The van der Waals surface area contributed by atoms with Gasteiger partial charge < -0.3 is 33.8 Å². The van der Waals surface area contributed by atoms with Gasteiger partial charge in [-0.2, -0.15) is 0 Å². The molecular weight excluding hydrogens is 1260 g/mol. The van der Waals surface area contributed by atoms with Gasteiger partial charge in [-0.1, -0.05) is 266 Å². The van der Waals surface area contributed by atoms with Crippen LogP contribution in [0.1, 0.15) is 310 Å². The molecule has 554 valence electrons. The molecule has 3 N–H and O–H groups in total. The highest BCUT2D eigenvalue weighted by Crippen LogP contribution is 2.45. The largest absolute Gasteiger partial charge is 0.472 e. The van der Waals surface area contributed by atoms with Crippen LogP contribution in [0, 0.1) is 0 Å². The standard InChI is InChI=1S/C77H134O17P2/c1-5-9-13-17-21-25-29-32-33-34-35-36-37-40-43-46-50-54-58-62-75(80)88-68-73(94-77(82)64-60-56-52-48-44-39-31-27-23-19-15-11-7-3)70-92-96(85,86)90-66-71(78)65-89-95(83,84)91-69-72(93-76(81)63-59-55-51-47-41-28-24-20-16-12-8-4)67-87-74(79)61-57-53-49-45-42-38-30-26-22-18-14-10-6-2/h9,13-15,18-19,21,25-27,30-33,35-36,71-73,78H,5-8,10-12,16-17,20,22-24,28-29,34,37-70H2,1-4H3,(H,83,84)(H,85,86)/b13-9-,18-14-,19-15-,25-21-,30-26-,31-27-,33-32-,36-35-. The molecule has 0 aliphatic rings. The molecule has 0 fully saturated rings. The quantitative estimate of drug-likeness (QED) is 0.0169. The number of unbranched alkanes of at least 4 members (excludes halogenated alkanes) is 28. The fraction of sp³-hybridized carbons (Fsp3) is 0.740. The lowest BCUT2D eigenvalue weighted by atomic mass is 10.1. The van der Waals surface area contributed by atoms with Gasteiger partial charge in [0.15, 0.2) is 12.2 Å². The van der Waals surface area contributed by atoms with Crippen LogP contribution in [0.25, 0.3) is 0 Å². The van der Waals surface area contributed by atoms with E-state index in [0.29, 0.717) is 25.7 Å². The van der Waals surface area contributed by atoms with E-state index in [1.807, 2.05) is 0 Å². The molecule has 0 aromatic rings. The monoisotopic (exact) mass is 1390 g/mol. The fourth-order valence-electron chi connectivity index (χ4n) is 9.82. The van der Waals surface area contributed by atoms with Crippen molar-refractivity contribution in [1.29, 1.82) is 0 Å². The zero-order valence-electron chi connectivity index (χ0n) is 60.3. The zero-order valence-corrected chi connectivity index (χ0v) is 62.1. The van der Waals surface area contributed by atoms with Gasteiger partial charge in [0, 0.05) is 25.7 Å². The normalized spacial score (nSPS) is 14.5. The minimum atomic E-state index is -4.98. The Hall–Kier alpha value is -4.02. The third-order valence-electron chi connectivity index (χ3n) is 15.5. The summed E-state index contributed by atoms with van der Waals surface area (Å²) in [5, 5.41) is 10.6. The highest BCUT2D eigenvalue weighted by atomic mass is 31.2. The van der Waals surface area contributed by atoms with Crippen LogP contribution in [0.15, 0.2) is 97.2 Å². The first-order chi connectivity index (χ1) is 46.7. The molecule has 0 saturated heterocycles. The van der Waals surface area contributed by atoms with E-state index >= 15 is 0 Å². The average molecular weight is 1390 g/mol. The first-order valence-corrected chi connectivity index (χ1v) is 40.5. The van der Waals surface area contributed by atoms with Crippen molar-refractivity contribution in [3.63, 3.8) is 0 Å². The summed E-state index contributed by atoms with van der Waals surface area (Å²) in [6, 6.07) is 0. The van der Waals surface area contributed by atoms with Gasteiger partial charge >= 0.3 is 39.5 Å². The van der Waals surface area contributed by atoms with Crippen molar-refractivity contribution < 1.29 is 80.2 Å². The van der Waals surface area contributed by atoms with E-state index in [0.717, 1.165) is 193 Å². The molecule has 0 amide bonds. The van der Waals surface area contributed by atoms with Gasteiger partial charge in [-0.15, -0.1) is 0 Å². The van der Waals surface area contributed by atoms with Crippen molar-refractivity contribution in [1.82, 2.24) is 0 Å². The van der Waals surface area contributed by atoms with Crippen LogP contribution in [0.4, 0.5) is 0 Å². The first-order valence-electron chi connectivity index (χ1n) is 37.5. The minimum Gasteiger partial charge on any atom is -0.462 e. The number of hydrogen-bond acceptors (Lipinski definition) is 15. The van der Waals surface area contributed by atoms with Crippen LogP contribution in [0.3, 0.4) is 0 Å². The molecule has 5 atom stereocenters. The second kappa shape index (κ2) is 69.5. The molecule has 0 radical (unpaired) electrons. The second-order valence-electron chi connectivity index (χ2n) is 24.9. The Labute approximate surface area is 582 Å². The van der Waals surface area contributed by atoms with E-state index in [1.165, 1.54) is 38.5 Å². The first kappa shape index (κ1) is 92.0. The predicted octanol–water partition coefficient (Wildman–Crippen LogP) is 21.2. The van der Waals surface area contributed by atoms with E-state index < -0.39 is 97.5 Å². The SMILES string of the molecule is CC/C=C\C/C=C\C/C=C\C/C=C\CCCCCCCCC(=O)OCC(COP(=O)(O)OCC(O)COP(=O)(O)OCC(COC(=O)CCCCCCC/C=C\C/C=C\CCC)OC(=O)CCCCCCCCCCCCC)OC(=O)CCCCCCC/C=C\C/C=C\CCC. The number of phosphoric ester groups is 2. The minimum absolute atomic E-state index is 0.0751. The maximum atomic E-state index is 13.1. The van der Waals surface area contributed by atoms with Crippen molar-refractivity contribution in [2.45, 2.75) is 329 Å². The van der Waals surface area contributed by atoms with Crippen molar-refractivity contribution in [3.05, 3.63) is 97.2 Å². The molecule has 0 spiro atoms. The number of phosphoric acid groups is 2. The van der Waals surface area contributed by atoms with Gasteiger partial charge in [-0.05, 0) is 116 Å². The number of carbonyl (C=O) groups is 4. The van der Waals surface area contributed by atoms with Gasteiger partial charge in [0.2, 0.25) is 0 Å². The lowest BCUT2D eigenvalue weighted by Crippen LogP contribution is -2.30. The summed E-state index contributed by atoms with van der Waals surface area (Å²) in [5.74, 6) is -2.21. The summed E-state index contributed by atoms with van der Waals surface area (Å²) in [6.45, 7) is 4.59. The van der Waals surface area contributed by atoms with Gasteiger partial charge in [0.1, 0.15) is 19.3 Å². The highest BCUT2D eigenvalue weighted by molar-refractivity contribution is 7.47. The van der Waals surface area contributed by atoms with Crippen LogP contribution in [0.5, 0.6) is 0 Å². The molecule has 0 aliphatic heterocycles. The van der Waals surface area contributed by atoms with E-state index in [2.05, 4.69) is 125 Å². The highest BCUT2D eigenvalue weighted by Gasteiger charge is 2.30. The molecule has 5 unspecified atom stereocenters. The summed E-state index contributed by atoms with van der Waals surface area (Å²) < 4.78 is 68.3. The Morgan fingerprint density at radius 1 is 0.302 bits per heavy atom. The van der Waals surface area contributed by atoms with Gasteiger partial charge in [-0.25, -0.2) is 9.13 Å². The van der Waals surface area contributed by atoms with Crippen LogP contribution in [-0.2, 0) is 65.4 Å². The van der Waals surface area contributed by atoms with E-state index in [9.17, 15) is 43.2 Å². The van der Waals surface area contributed by atoms with Crippen LogP contribution in [-0.4, -0.2) is 96.7 Å². The molecule has 0 rings (SSSR count). The Balaban J connectivity index is 5.32. The second-order valence-corrected chi connectivity index (χ2v) is 27.8. The molecule has 0 saturated carbocycles. The lowest BCUT2D eigenvalue weighted by Gasteiger charge is -2.21. The summed E-state index contributed by atoms with van der Waals surface area (Å²) in [5.41, 5.74) is 0. The van der Waals surface area contributed by atoms with Gasteiger partial charge in [0.05, 0.1) is 26.4 Å². The average Bonchev–Trinajstić information content (AvgIpc) is 1.17. The van der Waals surface area contributed by atoms with Crippen LogP contribution in [0.2, 0.25) is 0 Å².